The molecule has 45 heavy (non-hydrogen) atoms. The van der Waals surface area contributed by atoms with Gasteiger partial charge < -0.3 is 0 Å². The highest BCUT2D eigenvalue weighted by Gasteiger charge is 2.43. The largest absolute Gasteiger partial charge is 0.416 e. The minimum absolute atomic E-state index is 0.0506. The maximum absolute atomic E-state index is 14.9. The summed E-state index contributed by atoms with van der Waals surface area (Å²) in [6.07, 6.45) is -1.47. The number of ketones is 1. The second kappa shape index (κ2) is 11.0. The SMILES string of the molecule is O=C(Cn1c(=O)n(C(c2ccccc2)(c2ccccc2)c2ccccc2)c2ncc(-c3cccc(C(F)(F)F)c3)cc21)C1CC1. The van der Waals surface area contributed by atoms with Crippen molar-refractivity contribution in [2.24, 2.45) is 5.92 Å². The highest BCUT2D eigenvalue weighted by Crippen LogP contribution is 2.42. The van der Waals surface area contributed by atoms with Crippen LogP contribution in [0.3, 0.4) is 0 Å². The Kier molecular flexibility index (Phi) is 7.00. The molecule has 0 N–H and O–H groups in total. The summed E-state index contributed by atoms with van der Waals surface area (Å²) in [6, 6.07) is 35.6. The number of nitrogens with zero attached hydrogens (tertiary/aromatic N) is 3. The molecule has 4 aromatic carbocycles. The van der Waals surface area contributed by atoms with Crippen LogP contribution in [-0.2, 0) is 23.1 Å². The van der Waals surface area contributed by atoms with Gasteiger partial charge in [0.25, 0.3) is 0 Å². The lowest BCUT2D eigenvalue weighted by molar-refractivity contribution is -0.137. The van der Waals surface area contributed by atoms with E-state index >= 15 is 0 Å². The summed E-state index contributed by atoms with van der Waals surface area (Å²) in [5, 5.41) is 0. The molecule has 0 spiro atoms. The van der Waals surface area contributed by atoms with Crippen LogP contribution in [0.4, 0.5) is 13.2 Å². The molecule has 0 radical (unpaired) electrons. The monoisotopic (exact) mass is 603 g/mol. The van der Waals surface area contributed by atoms with Crippen LogP contribution in [-0.4, -0.2) is 19.9 Å². The molecule has 0 saturated heterocycles. The standard InChI is InChI=1S/C37H28F3N3O2/c38-37(39,40)31-18-10-11-26(21-31)27-22-32-34(41-23-27)43(35(45)42(32)24-33(44)25-19-20-25)36(28-12-4-1-5-13-28,29-14-6-2-7-15-29)30-16-8-3-9-17-30/h1-18,21-23,25H,19-20,24H2. The van der Waals surface area contributed by atoms with Crippen LogP contribution in [0.1, 0.15) is 35.1 Å². The molecule has 0 bridgehead atoms. The summed E-state index contributed by atoms with van der Waals surface area (Å²) in [7, 11) is 0. The number of rotatable bonds is 8. The van der Waals surface area contributed by atoms with E-state index in [9.17, 15) is 22.8 Å². The van der Waals surface area contributed by atoms with Crippen LogP contribution in [0.25, 0.3) is 22.3 Å². The molecule has 1 aliphatic carbocycles. The van der Waals surface area contributed by atoms with Crippen LogP contribution >= 0.6 is 0 Å². The number of carbonyl (C=O) groups is 1. The molecule has 224 valence electrons. The van der Waals surface area contributed by atoms with Crippen molar-refractivity contribution in [2.45, 2.75) is 31.1 Å². The average Bonchev–Trinajstić information content (AvgIpc) is 3.89. The summed E-state index contributed by atoms with van der Waals surface area (Å²) in [5.74, 6) is -0.151. The molecule has 0 atom stereocenters. The van der Waals surface area contributed by atoms with Gasteiger partial charge in [-0.3, -0.25) is 13.9 Å². The molecule has 0 amide bonds. The average molecular weight is 604 g/mol. The molecule has 2 aromatic heterocycles. The Bertz CT molecular complexity index is 1970. The Hall–Kier alpha value is -5.24. The van der Waals surface area contributed by atoms with Crippen LogP contribution in [0, 0.1) is 5.92 Å². The first-order valence-corrected chi connectivity index (χ1v) is 14.8. The van der Waals surface area contributed by atoms with Gasteiger partial charge in [-0.15, -0.1) is 0 Å². The van der Waals surface area contributed by atoms with Crippen molar-refractivity contribution in [3.05, 3.63) is 160 Å². The fourth-order valence-corrected chi connectivity index (χ4v) is 6.23. The molecule has 5 nitrogen and oxygen atoms in total. The number of alkyl halides is 3. The summed E-state index contributed by atoms with van der Waals surface area (Å²) in [5.41, 5.74) is 1.40. The summed E-state index contributed by atoms with van der Waals surface area (Å²) in [4.78, 5) is 32.9. The number of Topliss-reactive ketones (excluding diaryl/α,β-unsaturated/α-hetero) is 1. The second-order valence-electron chi connectivity index (χ2n) is 11.4. The van der Waals surface area contributed by atoms with E-state index < -0.39 is 23.0 Å². The number of benzene rings is 4. The van der Waals surface area contributed by atoms with E-state index in [2.05, 4.69) is 0 Å². The van der Waals surface area contributed by atoms with Gasteiger partial charge in [-0.1, -0.05) is 103 Å². The summed E-state index contributed by atoms with van der Waals surface area (Å²) >= 11 is 0. The Morgan fingerprint density at radius 2 is 1.24 bits per heavy atom. The van der Waals surface area contributed by atoms with Crippen molar-refractivity contribution in [1.82, 2.24) is 14.1 Å². The van der Waals surface area contributed by atoms with E-state index in [1.165, 1.54) is 16.8 Å². The lowest BCUT2D eigenvalue weighted by atomic mass is 9.76. The lowest BCUT2D eigenvalue weighted by Gasteiger charge is -2.37. The topological polar surface area (TPSA) is 56.9 Å². The molecule has 8 heteroatoms. The Morgan fingerprint density at radius 3 is 1.76 bits per heavy atom. The van der Waals surface area contributed by atoms with E-state index in [0.29, 0.717) is 22.3 Å². The van der Waals surface area contributed by atoms with Gasteiger partial charge in [0.05, 0.1) is 17.6 Å². The third kappa shape index (κ3) is 4.96. The highest BCUT2D eigenvalue weighted by atomic mass is 19.4. The first-order valence-electron chi connectivity index (χ1n) is 14.8. The first-order chi connectivity index (χ1) is 21.8. The van der Waals surface area contributed by atoms with Crippen LogP contribution < -0.4 is 5.69 Å². The molecule has 1 saturated carbocycles. The van der Waals surface area contributed by atoms with Gasteiger partial charge in [-0.2, -0.15) is 13.2 Å². The number of carbonyl (C=O) groups excluding carboxylic acids is 1. The molecule has 6 aromatic rings. The van der Waals surface area contributed by atoms with Gasteiger partial charge in [0.15, 0.2) is 11.4 Å². The van der Waals surface area contributed by atoms with Gasteiger partial charge in [0.2, 0.25) is 0 Å². The van der Waals surface area contributed by atoms with Gasteiger partial charge in [-0.05, 0) is 53.3 Å². The molecular formula is C37H28F3N3O2. The zero-order valence-electron chi connectivity index (χ0n) is 24.1. The summed E-state index contributed by atoms with van der Waals surface area (Å²) < 4.78 is 43.9. The Balaban J connectivity index is 1.57. The van der Waals surface area contributed by atoms with Gasteiger partial charge in [0.1, 0.15) is 5.54 Å². The molecule has 2 heterocycles. The highest BCUT2D eigenvalue weighted by molar-refractivity contribution is 5.86. The van der Waals surface area contributed by atoms with E-state index in [4.69, 9.17) is 4.98 Å². The van der Waals surface area contributed by atoms with Crippen molar-refractivity contribution in [3.63, 3.8) is 0 Å². The number of fused-ring (bicyclic) bond motifs is 1. The molecule has 1 aliphatic rings. The van der Waals surface area contributed by atoms with E-state index in [1.807, 2.05) is 91.0 Å². The zero-order chi connectivity index (χ0) is 31.2. The quantitative estimate of drug-likeness (QED) is 0.168. The third-order valence-electron chi connectivity index (χ3n) is 8.55. The van der Waals surface area contributed by atoms with Gasteiger partial charge >= 0.3 is 11.9 Å². The number of aromatic nitrogens is 3. The van der Waals surface area contributed by atoms with Crippen molar-refractivity contribution in [1.29, 1.82) is 0 Å². The van der Waals surface area contributed by atoms with Crippen LogP contribution in [0.5, 0.6) is 0 Å². The van der Waals surface area contributed by atoms with Crippen molar-refractivity contribution < 1.29 is 18.0 Å². The van der Waals surface area contributed by atoms with Crippen molar-refractivity contribution in [2.75, 3.05) is 0 Å². The lowest BCUT2D eigenvalue weighted by Crippen LogP contribution is -2.45. The number of halogens is 3. The molecule has 1 fully saturated rings. The van der Waals surface area contributed by atoms with Crippen molar-refractivity contribution in [3.8, 4) is 11.1 Å². The first kappa shape index (κ1) is 28.5. The maximum Gasteiger partial charge on any atom is 0.416 e. The normalized spacial score (nSPS) is 13.7. The Labute approximate surface area is 257 Å². The molecule has 0 aliphatic heterocycles. The number of pyridine rings is 1. The zero-order valence-corrected chi connectivity index (χ0v) is 24.1. The number of hydrogen-bond donors (Lipinski definition) is 0. The van der Waals surface area contributed by atoms with E-state index in [-0.39, 0.29) is 18.2 Å². The second-order valence-corrected chi connectivity index (χ2v) is 11.4. The fraction of sp³-hybridized carbons (Fsp3) is 0.162. The summed E-state index contributed by atoms with van der Waals surface area (Å²) in [6.45, 7) is -0.158. The Morgan fingerprint density at radius 1 is 0.711 bits per heavy atom. The fourth-order valence-electron chi connectivity index (χ4n) is 6.23. The maximum atomic E-state index is 14.9. The molecular weight excluding hydrogens is 575 g/mol. The van der Waals surface area contributed by atoms with Crippen LogP contribution in [0.15, 0.2) is 132 Å². The molecule has 7 rings (SSSR count). The minimum atomic E-state index is -4.52. The smallest absolute Gasteiger partial charge is 0.297 e. The van der Waals surface area contributed by atoms with Crippen LogP contribution in [0.2, 0.25) is 0 Å². The third-order valence-corrected chi connectivity index (χ3v) is 8.55. The van der Waals surface area contributed by atoms with E-state index in [1.54, 1.807) is 16.7 Å². The number of imidazole rings is 1. The predicted octanol–water partition coefficient (Wildman–Crippen LogP) is 7.70. The minimum Gasteiger partial charge on any atom is -0.297 e. The van der Waals surface area contributed by atoms with Crippen molar-refractivity contribution >= 4 is 16.9 Å². The number of hydrogen-bond acceptors (Lipinski definition) is 3. The van der Waals surface area contributed by atoms with E-state index in [0.717, 1.165) is 41.7 Å². The predicted molar refractivity (Wildman–Crippen MR) is 167 cm³/mol. The van der Waals surface area contributed by atoms with Gasteiger partial charge in [-0.25, -0.2) is 9.78 Å². The molecule has 0 unspecified atom stereocenters. The van der Waals surface area contributed by atoms with Gasteiger partial charge in [0, 0.05) is 17.7 Å².